The molecule has 1 atom stereocenters. The maximum absolute atomic E-state index is 11.9. The smallest absolute Gasteiger partial charge is 0.260 e. The molecule has 1 unspecified atom stereocenters. The molecule has 0 saturated heterocycles. The van der Waals surface area contributed by atoms with E-state index in [-0.39, 0.29) is 23.1 Å². The summed E-state index contributed by atoms with van der Waals surface area (Å²) in [5, 5.41) is 2.80. The van der Waals surface area contributed by atoms with Crippen molar-refractivity contribution in [3.05, 3.63) is 58.4 Å². The normalized spacial score (nSPS) is 12.1. The highest BCUT2D eigenvalue weighted by Gasteiger charge is 2.12. The maximum Gasteiger partial charge on any atom is 0.260 e. The molecule has 5 heteroatoms. The fraction of sp³-hybridized carbons (Fsp3) is 0.286. The molecule has 0 aromatic carbocycles. The highest BCUT2D eigenvalue weighted by Crippen LogP contribution is 2.06. The summed E-state index contributed by atoms with van der Waals surface area (Å²) in [5.74, 6) is 0.535. The first-order valence-electron chi connectivity index (χ1n) is 6.18. The van der Waals surface area contributed by atoms with E-state index in [0.717, 1.165) is 18.6 Å². The molecule has 0 fully saturated rings. The van der Waals surface area contributed by atoms with Crippen molar-refractivity contribution in [1.29, 1.82) is 0 Å². The number of amides is 1. The van der Waals surface area contributed by atoms with Gasteiger partial charge in [0.1, 0.15) is 11.3 Å². The third-order valence-corrected chi connectivity index (χ3v) is 2.84. The standard InChI is InChI=1S/C14H16N2O3/c1-10(6-7-11-4-3-9-19-11)16-14(18)12-5-2-8-15-13(12)17/h2-5,8-10H,6-7H2,1H3,(H,15,17)(H,16,18). The van der Waals surface area contributed by atoms with Gasteiger partial charge in [-0.2, -0.15) is 0 Å². The summed E-state index contributed by atoms with van der Waals surface area (Å²) in [6, 6.07) is 6.84. The summed E-state index contributed by atoms with van der Waals surface area (Å²) in [5.41, 5.74) is -0.245. The van der Waals surface area contributed by atoms with Crippen LogP contribution >= 0.6 is 0 Å². The van der Waals surface area contributed by atoms with E-state index in [2.05, 4.69) is 10.3 Å². The van der Waals surface area contributed by atoms with Crippen molar-refractivity contribution < 1.29 is 9.21 Å². The Morgan fingerprint density at radius 2 is 2.26 bits per heavy atom. The van der Waals surface area contributed by atoms with Crippen molar-refractivity contribution in [2.75, 3.05) is 0 Å². The number of carbonyl (C=O) groups is 1. The first-order valence-corrected chi connectivity index (χ1v) is 6.18. The highest BCUT2D eigenvalue weighted by molar-refractivity contribution is 5.93. The fourth-order valence-electron chi connectivity index (χ4n) is 1.79. The molecule has 2 aromatic heterocycles. The Kier molecular flexibility index (Phi) is 4.18. The molecule has 19 heavy (non-hydrogen) atoms. The quantitative estimate of drug-likeness (QED) is 0.859. The lowest BCUT2D eigenvalue weighted by atomic mass is 10.1. The first-order chi connectivity index (χ1) is 9.16. The van der Waals surface area contributed by atoms with Crippen LogP contribution < -0.4 is 10.9 Å². The number of aromatic amines is 1. The Morgan fingerprint density at radius 1 is 1.42 bits per heavy atom. The van der Waals surface area contributed by atoms with E-state index in [0.29, 0.717) is 0 Å². The molecule has 5 nitrogen and oxygen atoms in total. The number of nitrogens with one attached hydrogen (secondary N) is 2. The monoisotopic (exact) mass is 260 g/mol. The van der Waals surface area contributed by atoms with Crippen LogP contribution in [0.5, 0.6) is 0 Å². The van der Waals surface area contributed by atoms with E-state index < -0.39 is 0 Å². The average molecular weight is 260 g/mol. The van der Waals surface area contributed by atoms with Crippen molar-refractivity contribution in [3.8, 4) is 0 Å². The van der Waals surface area contributed by atoms with Crippen LogP contribution in [0.15, 0.2) is 45.9 Å². The second-order valence-corrected chi connectivity index (χ2v) is 4.41. The summed E-state index contributed by atoms with van der Waals surface area (Å²) in [6.45, 7) is 1.90. The molecular weight excluding hydrogens is 244 g/mol. The fourth-order valence-corrected chi connectivity index (χ4v) is 1.79. The molecule has 2 aromatic rings. The molecule has 1 amide bonds. The molecule has 100 valence electrons. The van der Waals surface area contributed by atoms with E-state index in [4.69, 9.17) is 4.42 Å². The van der Waals surface area contributed by atoms with Crippen LogP contribution in [0.1, 0.15) is 29.5 Å². The number of furan rings is 1. The van der Waals surface area contributed by atoms with E-state index in [1.807, 2.05) is 19.1 Å². The zero-order valence-corrected chi connectivity index (χ0v) is 10.7. The second-order valence-electron chi connectivity index (χ2n) is 4.41. The molecule has 0 radical (unpaired) electrons. The lowest BCUT2D eigenvalue weighted by Crippen LogP contribution is -2.36. The van der Waals surface area contributed by atoms with Gasteiger partial charge in [0.05, 0.1) is 6.26 Å². The van der Waals surface area contributed by atoms with Gasteiger partial charge in [-0.15, -0.1) is 0 Å². The van der Waals surface area contributed by atoms with Crippen molar-refractivity contribution >= 4 is 5.91 Å². The molecule has 2 heterocycles. The van der Waals surface area contributed by atoms with Crippen molar-refractivity contribution in [2.45, 2.75) is 25.8 Å². The van der Waals surface area contributed by atoms with Gasteiger partial charge in [0.25, 0.3) is 11.5 Å². The average Bonchev–Trinajstić information content (AvgIpc) is 2.90. The summed E-state index contributed by atoms with van der Waals surface area (Å²) in [6.07, 6.45) is 4.63. The number of rotatable bonds is 5. The van der Waals surface area contributed by atoms with Gasteiger partial charge in [0.2, 0.25) is 0 Å². The van der Waals surface area contributed by atoms with Crippen LogP contribution in [-0.2, 0) is 6.42 Å². The molecular formula is C14H16N2O3. The summed E-state index contributed by atoms with van der Waals surface area (Å²) in [7, 11) is 0. The Morgan fingerprint density at radius 3 is 2.95 bits per heavy atom. The van der Waals surface area contributed by atoms with E-state index in [1.54, 1.807) is 12.3 Å². The van der Waals surface area contributed by atoms with Crippen molar-refractivity contribution in [3.63, 3.8) is 0 Å². The van der Waals surface area contributed by atoms with Crippen LogP contribution in [-0.4, -0.2) is 16.9 Å². The third kappa shape index (κ3) is 3.58. The van der Waals surface area contributed by atoms with Crippen LogP contribution in [0.4, 0.5) is 0 Å². The Bertz CT molecular complexity index is 587. The van der Waals surface area contributed by atoms with Crippen LogP contribution in [0.2, 0.25) is 0 Å². The predicted molar refractivity (Wildman–Crippen MR) is 71.0 cm³/mol. The minimum atomic E-state index is -0.377. The first kappa shape index (κ1) is 13.1. The Labute approximate surface area is 110 Å². The minimum Gasteiger partial charge on any atom is -0.469 e. The molecule has 0 spiro atoms. The summed E-state index contributed by atoms with van der Waals surface area (Å²) in [4.78, 5) is 25.8. The third-order valence-electron chi connectivity index (χ3n) is 2.84. The van der Waals surface area contributed by atoms with Crippen LogP contribution in [0.25, 0.3) is 0 Å². The second kappa shape index (κ2) is 6.04. The van der Waals surface area contributed by atoms with Gasteiger partial charge in [-0.25, -0.2) is 0 Å². The lowest BCUT2D eigenvalue weighted by molar-refractivity contribution is 0.0936. The van der Waals surface area contributed by atoms with Gasteiger partial charge in [0, 0.05) is 18.7 Å². The molecule has 0 bridgehead atoms. The van der Waals surface area contributed by atoms with Crippen LogP contribution in [0.3, 0.4) is 0 Å². The van der Waals surface area contributed by atoms with E-state index in [1.165, 1.54) is 12.3 Å². The molecule has 0 saturated carbocycles. The Hall–Kier alpha value is -2.30. The number of aromatic nitrogens is 1. The Balaban J connectivity index is 1.88. The molecule has 2 rings (SSSR count). The van der Waals surface area contributed by atoms with Gasteiger partial charge in [-0.3, -0.25) is 9.59 Å². The minimum absolute atomic E-state index is 0.0304. The highest BCUT2D eigenvalue weighted by atomic mass is 16.3. The van der Waals surface area contributed by atoms with Crippen molar-refractivity contribution in [1.82, 2.24) is 10.3 Å². The molecule has 0 aliphatic heterocycles. The maximum atomic E-state index is 11.9. The number of pyridine rings is 1. The molecule has 0 aliphatic carbocycles. The van der Waals surface area contributed by atoms with E-state index in [9.17, 15) is 9.59 Å². The number of hydrogen-bond donors (Lipinski definition) is 2. The van der Waals surface area contributed by atoms with Gasteiger partial charge in [-0.1, -0.05) is 0 Å². The number of aryl methyl sites for hydroxylation is 1. The largest absolute Gasteiger partial charge is 0.469 e. The zero-order valence-electron chi connectivity index (χ0n) is 10.7. The number of H-pyrrole nitrogens is 1. The number of hydrogen-bond acceptors (Lipinski definition) is 3. The van der Waals surface area contributed by atoms with Gasteiger partial charge in [0.15, 0.2) is 0 Å². The molecule has 0 aliphatic rings. The lowest BCUT2D eigenvalue weighted by Gasteiger charge is -2.12. The number of carbonyl (C=O) groups excluding carboxylic acids is 1. The van der Waals surface area contributed by atoms with Gasteiger partial charge >= 0.3 is 0 Å². The van der Waals surface area contributed by atoms with Crippen LogP contribution in [0, 0.1) is 0 Å². The van der Waals surface area contributed by atoms with Gasteiger partial charge < -0.3 is 14.7 Å². The topological polar surface area (TPSA) is 75.1 Å². The SMILES string of the molecule is CC(CCc1ccco1)NC(=O)c1ccc[nH]c1=O. The van der Waals surface area contributed by atoms with E-state index >= 15 is 0 Å². The van der Waals surface area contributed by atoms with Gasteiger partial charge in [-0.05, 0) is 37.6 Å². The zero-order chi connectivity index (χ0) is 13.7. The summed E-state index contributed by atoms with van der Waals surface area (Å²) >= 11 is 0. The summed E-state index contributed by atoms with van der Waals surface area (Å²) < 4.78 is 5.22. The molecule has 2 N–H and O–H groups in total. The van der Waals surface area contributed by atoms with Crippen molar-refractivity contribution in [2.24, 2.45) is 0 Å². The predicted octanol–water partition coefficient (Wildman–Crippen LogP) is 1.72.